The van der Waals surface area contributed by atoms with E-state index in [-0.39, 0.29) is 23.0 Å². The smallest absolute Gasteiger partial charge is 0.177 e. The molecule has 0 amide bonds. The zero-order valence-electron chi connectivity index (χ0n) is 14.6. The highest BCUT2D eigenvalue weighted by molar-refractivity contribution is 6.11. The average molecular weight is 332 g/mol. The molecule has 25 heavy (non-hydrogen) atoms. The van der Waals surface area contributed by atoms with Gasteiger partial charge in [-0.2, -0.15) is 10.4 Å². The second-order valence-corrected chi connectivity index (χ2v) is 7.87. The first-order valence-electron chi connectivity index (χ1n) is 8.55. The highest BCUT2D eigenvalue weighted by atomic mass is 16.1. The normalized spacial score (nSPS) is 24.1. The highest BCUT2D eigenvalue weighted by Gasteiger charge is 2.46. The number of fused-ring (bicyclic) bond motifs is 2. The molecule has 1 aromatic carbocycles. The molecule has 2 heterocycles. The van der Waals surface area contributed by atoms with Crippen molar-refractivity contribution < 1.29 is 4.79 Å². The fourth-order valence-corrected chi connectivity index (χ4v) is 4.26. The number of nitrogens with zero attached hydrogens (tertiary/aromatic N) is 3. The van der Waals surface area contributed by atoms with Crippen LogP contribution in [0.3, 0.4) is 0 Å². The number of nitriles is 1. The molecule has 126 valence electrons. The summed E-state index contributed by atoms with van der Waals surface area (Å²) in [6.07, 6.45) is 1.35. The van der Waals surface area contributed by atoms with Crippen LogP contribution in [-0.2, 0) is 4.79 Å². The van der Waals surface area contributed by atoms with Crippen molar-refractivity contribution >= 4 is 17.3 Å². The van der Waals surface area contributed by atoms with Crippen molar-refractivity contribution in [1.82, 2.24) is 10.2 Å². The molecule has 2 atom stereocenters. The van der Waals surface area contributed by atoms with Crippen molar-refractivity contribution in [3.63, 3.8) is 0 Å². The summed E-state index contributed by atoms with van der Waals surface area (Å²) in [5.74, 6) is 0.527. The number of hydrogen-bond donors (Lipinski definition) is 1. The van der Waals surface area contributed by atoms with Gasteiger partial charge in [0.05, 0.1) is 17.6 Å². The zero-order valence-corrected chi connectivity index (χ0v) is 14.6. The van der Waals surface area contributed by atoms with E-state index >= 15 is 0 Å². The number of ketones is 1. The van der Waals surface area contributed by atoms with Crippen molar-refractivity contribution in [2.45, 2.75) is 39.5 Å². The van der Waals surface area contributed by atoms with E-state index in [1.807, 2.05) is 25.1 Å². The van der Waals surface area contributed by atoms with Crippen LogP contribution in [0.5, 0.6) is 0 Å². The van der Waals surface area contributed by atoms with Gasteiger partial charge in [0.2, 0.25) is 0 Å². The van der Waals surface area contributed by atoms with Crippen molar-refractivity contribution in [1.29, 1.82) is 5.26 Å². The second kappa shape index (κ2) is 5.38. The summed E-state index contributed by atoms with van der Waals surface area (Å²) in [7, 11) is 0. The van der Waals surface area contributed by atoms with E-state index in [2.05, 4.69) is 30.1 Å². The Morgan fingerprint density at radius 2 is 2.08 bits per heavy atom. The molecule has 2 aliphatic rings. The van der Waals surface area contributed by atoms with Crippen molar-refractivity contribution in [3.05, 3.63) is 46.6 Å². The molecule has 5 heteroatoms. The zero-order chi connectivity index (χ0) is 17.8. The number of nitrogens with one attached hydrogen (secondary N) is 1. The minimum absolute atomic E-state index is 0.0751. The number of Topliss-reactive ketones (excluding diaryl/α,β-unsaturated/α-hetero) is 1. The number of aryl methyl sites for hydroxylation is 1. The third-order valence-corrected chi connectivity index (χ3v) is 5.26. The van der Waals surface area contributed by atoms with Crippen LogP contribution in [-0.4, -0.2) is 21.7 Å². The van der Waals surface area contributed by atoms with Crippen LogP contribution in [0.2, 0.25) is 0 Å². The average Bonchev–Trinajstić information content (AvgIpc) is 2.92. The lowest BCUT2D eigenvalue weighted by atomic mass is 9.64. The number of benzene rings is 1. The summed E-state index contributed by atoms with van der Waals surface area (Å²) >= 11 is 0. The lowest BCUT2D eigenvalue weighted by molar-refractivity contribution is -0.124. The Kier molecular flexibility index (Phi) is 3.40. The molecule has 2 unspecified atom stereocenters. The van der Waals surface area contributed by atoms with Gasteiger partial charge in [-0.05, 0) is 36.5 Å². The first kappa shape index (κ1) is 15.8. The van der Waals surface area contributed by atoms with Crippen LogP contribution in [0.1, 0.15) is 55.0 Å². The monoisotopic (exact) mass is 332 g/mol. The molecule has 1 N–H and O–H groups in total. The van der Waals surface area contributed by atoms with E-state index in [0.717, 1.165) is 29.0 Å². The van der Waals surface area contributed by atoms with Crippen LogP contribution < -0.4 is 0 Å². The summed E-state index contributed by atoms with van der Waals surface area (Å²) in [5.41, 5.74) is 4.35. The predicted octanol–water partition coefficient (Wildman–Crippen LogP) is 3.81. The number of H-pyrrole nitrogens is 1. The molecular weight excluding hydrogens is 312 g/mol. The Morgan fingerprint density at radius 3 is 2.84 bits per heavy atom. The molecule has 2 aromatic rings. The van der Waals surface area contributed by atoms with Gasteiger partial charge in [0.1, 0.15) is 5.78 Å². The minimum atomic E-state index is -0.259. The van der Waals surface area contributed by atoms with Gasteiger partial charge in [-0.25, -0.2) is 4.99 Å². The summed E-state index contributed by atoms with van der Waals surface area (Å²) in [6, 6.07) is 9.75. The highest BCUT2D eigenvalue weighted by Crippen LogP contribution is 2.49. The number of aromatic amines is 1. The molecule has 0 radical (unpaired) electrons. The summed E-state index contributed by atoms with van der Waals surface area (Å²) in [6.45, 7) is 6.19. The fraction of sp³-hybridized carbons (Fsp3) is 0.400. The van der Waals surface area contributed by atoms with E-state index in [1.165, 1.54) is 0 Å². The van der Waals surface area contributed by atoms with Crippen molar-refractivity contribution in [3.8, 4) is 6.07 Å². The Bertz CT molecular complexity index is 945. The third kappa shape index (κ3) is 2.49. The Morgan fingerprint density at radius 1 is 1.28 bits per heavy atom. The number of aromatic nitrogens is 2. The van der Waals surface area contributed by atoms with Crippen LogP contribution in [0.25, 0.3) is 0 Å². The quantitative estimate of drug-likeness (QED) is 0.862. The van der Waals surface area contributed by atoms with Gasteiger partial charge < -0.3 is 0 Å². The van der Waals surface area contributed by atoms with Crippen LogP contribution in [0, 0.1) is 29.6 Å². The number of rotatable bonds is 1. The lowest BCUT2D eigenvalue weighted by Gasteiger charge is -2.40. The number of hydrogen-bond acceptors (Lipinski definition) is 4. The second-order valence-electron chi connectivity index (χ2n) is 7.87. The molecular formula is C20H20N4O. The van der Waals surface area contributed by atoms with E-state index in [0.29, 0.717) is 17.8 Å². The van der Waals surface area contributed by atoms with E-state index < -0.39 is 0 Å². The van der Waals surface area contributed by atoms with Gasteiger partial charge in [0, 0.05) is 29.3 Å². The molecule has 1 aliphatic heterocycles. The molecule has 1 saturated carbocycles. The van der Waals surface area contributed by atoms with E-state index in [4.69, 9.17) is 4.99 Å². The van der Waals surface area contributed by atoms with Gasteiger partial charge in [0.15, 0.2) is 5.82 Å². The molecule has 4 rings (SSSR count). The molecule has 5 nitrogen and oxygen atoms in total. The SMILES string of the molecule is Cc1[nH]nc2c1C(c1cccc(C#N)c1)C1C(=O)CC(C)(C)CC1=N2. The maximum atomic E-state index is 13.0. The molecule has 1 aromatic heterocycles. The van der Waals surface area contributed by atoms with Crippen molar-refractivity contribution in [2.75, 3.05) is 0 Å². The maximum Gasteiger partial charge on any atom is 0.177 e. The van der Waals surface area contributed by atoms with Crippen LogP contribution >= 0.6 is 0 Å². The minimum Gasteiger partial charge on any atom is -0.299 e. The first-order valence-corrected chi connectivity index (χ1v) is 8.55. The van der Waals surface area contributed by atoms with E-state index in [1.54, 1.807) is 6.07 Å². The summed E-state index contributed by atoms with van der Waals surface area (Å²) in [5, 5.41) is 16.6. The fourth-order valence-electron chi connectivity index (χ4n) is 4.26. The molecule has 0 spiro atoms. The van der Waals surface area contributed by atoms with Crippen LogP contribution in [0.15, 0.2) is 29.3 Å². The lowest BCUT2D eigenvalue weighted by Crippen LogP contribution is -2.42. The third-order valence-electron chi connectivity index (χ3n) is 5.26. The van der Waals surface area contributed by atoms with Gasteiger partial charge in [0.25, 0.3) is 0 Å². The predicted molar refractivity (Wildman–Crippen MR) is 94.9 cm³/mol. The summed E-state index contributed by atoms with van der Waals surface area (Å²) in [4.78, 5) is 17.8. The molecule has 0 bridgehead atoms. The van der Waals surface area contributed by atoms with Gasteiger partial charge >= 0.3 is 0 Å². The molecule has 1 fully saturated rings. The van der Waals surface area contributed by atoms with Gasteiger partial charge in [-0.3, -0.25) is 9.89 Å². The van der Waals surface area contributed by atoms with E-state index in [9.17, 15) is 10.1 Å². The summed E-state index contributed by atoms with van der Waals surface area (Å²) < 4.78 is 0. The Balaban J connectivity index is 1.92. The first-order chi connectivity index (χ1) is 11.9. The van der Waals surface area contributed by atoms with Crippen molar-refractivity contribution in [2.24, 2.45) is 16.3 Å². The van der Waals surface area contributed by atoms with Gasteiger partial charge in [-0.15, -0.1) is 0 Å². The standard InChI is InChI=1S/C20H20N4O/c1-11-16-17(13-6-4-5-12(7-13)10-21)18-14(22-19(16)24-23-11)8-20(2,3)9-15(18)25/h4-7,17-18H,8-9H2,1-3H3,(H,23,24). The Labute approximate surface area is 146 Å². The Hall–Kier alpha value is -2.74. The largest absolute Gasteiger partial charge is 0.299 e. The number of carbonyl (C=O) groups is 1. The van der Waals surface area contributed by atoms with Gasteiger partial charge in [-0.1, -0.05) is 26.0 Å². The molecule has 1 aliphatic carbocycles. The van der Waals surface area contributed by atoms with Crippen LogP contribution in [0.4, 0.5) is 5.82 Å². The number of carbonyl (C=O) groups excluding carboxylic acids is 1. The topological polar surface area (TPSA) is 81.9 Å². The maximum absolute atomic E-state index is 13.0. The molecule has 0 saturated heterocycles. The number of aliphatic imine (C=N–C) groups is 1.